The number of aliphatic hydroxyl groups is 1. The van der Waals surface area contributed by atoms with Crippen molar-refractivity contribution in [1.82, 2.24) is 9.80 Å². The van der Waals surface area contributed by atoms with E-state index in [1.54, 1.807) is 11.3 Å². The molecule has 0 radical (unpaired) electrons. The van der Waals surface area contributed by atoms with Crippen LogP contribution in [0.4, 0.5) is 0 Å². The molecule has 3 heterocycles. The number of rotatable bonds is 5. The van der Waals surface area contributed by atoms with Gasteiger partial charge in [0.2, 0.25) is 0 Å². The molecule has 2 atom stereocenters. The second-order valence-corrected chi connectivity index (χ2v) is 7.07. The van der Waals surface area contributed by atoms with E-state index in [9.17, 15) is 15.0 Å². The number of nitrogens with zero attached hydrogens (tertiary/aromatic N) is 2. The molecule has 5 nitrogen and oxygen atoms in total. The molecule has 0 amide bonds. The van der Waals surface area contributed by atoms with Crippen molar-refractivity contribution in [2.45, 2.75) is 44.5 Å². The highest BCUT2D eigenvalue weighted by Gasteiger charge is 2.35. The Morgan fingerprint density at radius 3 is 2.81 bits per heavy atom. The number of hydrogen-bond donors (Lipinski definition) is 2. The van der Waals surface area contributed by atoms with Crippen LogP contribution in [0.15, 0.2) is 11.4 Å². The summed E-state index contributed by atoms with van der Waals surface area (Å²) in [6, 6.07) is 1.64. The quantitative estimate of drug-likeness (QED) is 0.860. The summed E-state index contributed by atoms with van der Waals surface area (Å²) >= 11 is 1.69. The van der Waals surface area contributed by atoms with Gasteiger partial charge >= 0.3 is 5.97 Å². The lowest BCUT2D eigenvalue weighted by atomic mass is 10.2. The summed E-state index contributed by atoms with van der Waals surface area (Å²) in [5.74, 6) is -0.833. The van der Waals surface area contributed by atoms with Gasteiger partial charge in [-0.3, -0.25) is 14.6 Å². The number of β-amino-alcohol motifs (C(OH)–C–C–N with tert-alkyl or cyclic N) is 1. The topological polar surface area (TPSA) is 64.0 Å². The maximum atomic E-state index is 11.2. The van der Waals surface area contributed by atoms with E-state index in [1.807, 2.05) is 4.90 Å². The van der Waals surface area contributed by atoms with Gasteiger partial charge in [-0.2, -0.15) is 0 Å². The predicted octanol–water partition coefficient (Wildman–Crippen LogP) is 1.36. The second kappa shape index (κ2) is 6.44. The molecule has 0 unspecified atom stereocenters. The molecular formula is C15H22N2O3S. The number of thiophene rings is 1. The van der Waals surface area contributed by atoms with Gasteiger partial charge in [0.1, 0.15) is 6.04 Å². The third-order valence-electron chi connectivity index (χ3n) is 4.34. The molecule has 21 heavy (non-hydrogen) atoms. The minimum atomic E-state index is -0.833. The number of carbonyl (C=O) groups is 1. The maximum absolute atomic E-state index is 11.2. The summed E-state index contributed by atoms with van der Waals surface area (Å²) in [4.78, 5) is 16.7. The Labute approximate surface area is 128 Å². The van der Waals surface area contributed by atoms with Gasteiger partial charge in [-0.25, -0.2) is 0 Å². The van der Waals surface area contributed by atoms with Crippen molar-refractivity contribution in [2.24, 2.45) is 0 Å². The van der Waals surface area contributed by atoms with E-state index >= 15 is 0 Å². The summed E-state index contributed by atoms with van der Waals surface area (Å²) < 4.78 is 0. The van der Waals surface area contributed by atoms with Crippen molar-refractivity contribution >= 4 is 17.3 Å². The first kappa shape index (κ1) is 15.0. The highest BCUT2D eigenvalue weighted by molar-refractivity contribution is 7.10. The molecule has 2 N–H and O–H groups in total. The van der Waals surface area contributed by atoms with E-state index in [1.165, 1.54) is 36.4 Å². The summed E-state index contributed by atoms with van der Waals surface area (Å²) in [5, 5.41) is 21.1. The molecular weight excluding hydrogens is 288 g/mol. The fraction of sp³-hybridized carbons (Fsp3) is 0.667. The lowest BCUT2D eigenvalue weighted by molar-refractivity contribution is -0.142. The first-order valence-electron chi connectivity index (χ1n) is 7.55. The van der Waals surface area contributed by atoms with Crippen LogP contribution in [0.3, 0.4) is 0 Å². The molecule has 0 aromatic carbocycles. The number of carboxylic acid groups (broad SMARTS) is 1. The summed E-state index contributed by atoms with van der Waals surface area (Å²) in [7, 11) is 0. The van der Waals surface area contributed by atoms with Crippen LogP contribution in [0.25, 0.3) is 0 Å². The SMILES string of the molecule is O=C(O)[C@@H]1C[C@@H](O)CN1Cc1cc(CN2CCCC2)cs1. The molecule has 0 saturated carbocycles. The molecule has 0 spiro atoms. The van der Waals surface area contributed by atoms with Crippen molar-refractivity contribution in [1.29, 1.82) is 0 Å². The molecule has 2 saturated heterocycles. The van der Waals surface area contributed by atoms with E-state index in [2.05, 4.69) is 16.3 Å². The van der Waals surface area contributed by atoms with Crippen LogP contribution in [0, 0.1) is 0 Å². The fourth-order valence-electron chi connectivity index (χ4n) is 3.30. The van der Waals surface area contributed by atoms with Crippen molar-refractivity contribution < 1.29 is 15.0 Å². The molecule has 2 fully saturated rings. The van der Waals surface area contributed by atoms with Crippen molar-refractivity contribution in [3.8, 4) is 0 Å². The standard InChI is InChI=1S/C15H22N2O3S/c18-12-6-14(15(19)20)17(8-12)9-13-5-11(10-21-13)7-16-3-1-2-4-16/h5,10,12,14,18H,1-4,6-9H2,(H,19,20)/t12-,14+/m1/s1. The zero-order valence-corrected chi connectivity index (χ0v) is 12.9. The van der Waals surface area contributed by atoms with Gasteiger partial charge in [0.25, 0.3) is 0 Å². The summed E-state index contributed by atoms with van der Waals surface area (Å²) in [6.07, 6.45) is 2.41. The van der Waals surface area contributed by atoms with E-state index < -0.39 is 18.1 Å². The fourth-order valence-corrected chi connectivity index (χ4v) is 4.21. The number of hydrogen-bond acceptors (Lipinski definition) is 5. The molecule has 0 aliphatic carbocycles. The molecule has 2 aliphatic rings. The summed E-state index contributed by atoms with van der Waals surface area (Å²) in [5.41, 5.74) is 1.32. The summed E-state index contributed by atoms with van der Waals surface area (Å²) in [6.45, 7) is 4.45. The Balaban J connectivity index is 1.59. The van der Waals surface area contributed by atoms with Crippen LogP contribution < -0.4 is 0 Å². The van der Waals surface area contributed by atoms with Gasteiger partial charge in [0.05, 0.1) is 6.10 Å². The van der Waals surface area contributed by atoms with E-state index in [0.717, 1.165) is 6.54 Å². The zero-order chi connectivity index (χ0) is 14.8. The highest BCUT2D eigenvalue weighted by Crippen LogP contribution is 2.25. The van der Waals surface area contributed by atoms with Crippen LogP contribution in [-0.2, 0) is 17.9 Å². The Morgan fingerprint density at radius 1 is 1.33 bits per heavy atom. The van der Waals surface area contributed by atoms with Crippen LogP contribution in [0.1, 0.15) is 29.7 Å². The van der Waals surface area contributed by atoms with Gasteiger partial charge in [-0.15, -0.1) is 11.3 Å². The Bertz CT molecular complexity index is 499. The largest absolute Gasteiger partial charge is 0.480 e. The highest BCUT2D eigenvalue weighted by atomic mass is 32.1. The van der Waals surface area contributed by atoms with Crippen molar-refractivity contribution in [3.63, 3.8) is 0 Å². The molecule has 1 aromatic rings. The molecule has 1 aromatic heterocycles. The van der Waals surface area contributed by atoms with E-state index in [4.69, 9.17) is 0 Å². The normalized spacial score (nSPS) is 27.5. The molecule has 3 rings (SSSR count). The number of aliphatic hydroxyl groups excluding tert-OH is 1. The van der Waals surface area contributed by atoms with Gasteiger partial charge in [-0.1, -0.05) is 0 Å². The van der Waals surface area contributed by atoms with E-state index in [0.29, 0.717) is 19.5 Å². The number of carboxylic acids is 1. The second-order valence-electron chi connectivity index (χ2n) is 6.08. The van der Waals surface area contributed by atoms with Crippen molar-refractivity contribution in [2.75, 3.05) is 19.6 Å². The Hall–Kier alpha value is -0.950. The van der Waals surface area contributed by atoms with Gasteiger partial charge in [0.15, 0.2) is 0 Å². The smallest absolute Gasteiger partial charge is 0.321 e. The lowest BCUT2D eigenvalue weighted by Gasteiger charge is -2.19. The zero-order valence-electron chi connectivity index (χ0n) is 12.1. The number of likely N-dealkylation sites (tertiary alicyclic amines) is 2. The molecule has 116 valence electrons. The minimum Gasteiger partial charge on any atom is -0.480 e. The third-order valence-corrected chi connectivity index (χ3v) is 5.31. The Morgan fingerprint density at radius 2 is 2.10 bits per heavy atom. The van der Waals surface area contributed by atoms with Gasteiger partial charge in [0, 0.05) is 30.9 Å². The van der Waals surface area contributed by atoms with Gasteiger partial charge in [-0.05, 0) is 42.9 Å². The third kappa shape index (κ3) is 3.63. The first-order chi connectivity index (χ1) is 10.1. The first-order valence-corrected chi connectivity index (χ1v) is 8.43. The lowest BCUT2D eigenvalue weighted by Crippen LogP contribution is -2.35. The minimum absolute atomic E-state index is 0.335. The molecule has 6 heteroatoms. The average molecular weight is 310 g/mol. The molecule has 0 bridgehead atoms. The Kier molecular flexibility index (Phi) is 4.59. The van der Waals surface area contributed by atoms with Crippen LogP contribution in [0.2, 0.25) is 0 Å². The maximum Gasteiger partial charge on any atom is 0.321 e. The van der Waals surface area contributed by atoms with Crippen LogP contribution in [-0.4, -0.2) is 57.8 Å². The number of aliphatic carboxylic acids is 1. The average Bonchev–Trinajstić information content (AvgIpc) is 3.13. The van der Waals surface area contributed by atoms with Gasteiger partial charge < -0.3 is 10.2 Å². The van der Waals surface area contributed by atoms with Crippen LogP contribution >= 0.6 is 11.3 Å². The van der Waals surface area contributed by atoms with Crippen LogP contribution in [0.5, 0.6) is 0 Å². The molecule has 2 aliphatic heterocycles. The van der Waals surface area contributed by atoms with E-state index in [-0.39, 0.29) is 0 Å². The monoisotopic (exact) mass is 310 g/mol. The van der Waals surface area contributed by atoms with Crippen molar-refractivity contribution in [3.05, 3.63) is 21.9 Å². The predicted molar refractivity (Wildman–Crippen MR) is 81.3 cm³/mol.